The molecule has 1 saturated carbocycles. The minimum Gasteiger partial charge on any atom is -0.352 e. The summed E-state index contributed by atoms with van der Waals surface area (Å²) >= 11 is 0. The van der Waals surface area contributed by atoms with Crippen LogP contribution >= 0.6 is 0 Å². The predicted molar refractivity (Wildman–Crippen MR) is 74.2 cm³/mol. The molecule has 106 valence electrons. The first kappa shape index (κ1) is 14.5. The van der Waals surface area contributed by atoms with E-state index < -0.39 is 5.92 Å². The zero-order valence-corrected chi connectivity index (χ0v) is 11.4. The fourth-order valence-corrected chi connectivity index (χ4v) is 2.60. The molecule has 1 aromatic carbocycles. The molecule has 1 atom stereocenters. The van der Waals surface area contributed by atoms with Crippen molar-refractivity contribution in [2.75, 3.05) is 0 Å². The Morgan fingerprint density at radius 1 is 1.30 bits per heavy atom. The van der Waals surface area contributed by atoms with E-state index in [1.165, 1.54) is 18.6 Å². The van der Waals surface area contributed by atoms with Crippen LogP contribution in [0.4, 0.5) is 4.39 Å². The highest BCUT2D eigenvalue weighted by Gasteiger charge is 2.22. The second-order valence-electron chi connectivity index (χ2n) is 5.36. The topological polar surface area (TPSA) is 52.9 Å². The summed E-state index contributed by atoms with van der Waals surface area (Å²) in [6, 6.07) is 8.19. The zero-order valence-electron chi connectivity index (χ0n) is 11.4. The Morgan fingerprint density at radius 2 is 1.95 bits per heavy atom. The van der Waals surface area contributed by atoms with E-state index in [1.54, 1.807) is 12.1 Å². The number of nitriles is 1. The molecule has 1 fully saturated rings. The summed E-state index contributed by atoms with van der Waals surface area (Å²) in [6.45, 7) is 0. The van der Waals surface area contributed by atoms with Gasteiger partial charge in [0.15, 0.2) is 0 Å². The molecule has 4 heteroatoms. The smallest absolute Gasteiger partial charge is 0.237 e. The van der Waals surface area contributed by atoms with Gasteiger partial charge in [-0.1, -0.05) is 31.4 Å². The third kappa shape index (κ3) is 4.06. The average molecular weight is 274 g/mol. The second kappa shape index (κ2) is 7.04. The van der Waals surface area contributed by atoms with Crippen molar-refractivity contribution in [3.63, 3.8) is 0 Å². The van der Waals surface area contributed by atoms with Crippen LogP contribution in [0.15, 0.2) is 24.3 Å². The van der Waals surface area contributed by atoms with Gasteiger partial charge in [-0.3, -0.25) is 4.79 Å². The van der Waals surface area contributed by atoms with Crippen molar-refractivity contribution in [2.24, 2.45) is 5.92 Å². The van der Waals surface area contributed by atoms with Crippen molar-refractivity contribution < 1.29 is 9.18 Å². The monoisotopic (exact) mass is 274 g/mol. The maximum atomic E-state index is 12.8. The summed E-state index contributed by atoms with van der Waals surface area (Å²) in [7, 11) is 0. The van der Waals surface area contributed by atoms with E-state index in [-0.39, 0.29) is 17.8 Å². The van der Waals surface area contributed by atoms with Gasteiger partial charge in [-0.05, 0) is 37.0 Å². The predicted octanol–water partition coefficient (Wildman–Crippen LogP) is 2.96. The van der Waals surface area contributed by atoms with Gasteiger partial charge in [-0.25, -0.2) is 4.39 Å². The Kier molecular flexibility index (Phi) is 5.11. The van der Waals surface area contributed by atoms with Crippen LogP contribution in [0.3, 0.4) is 0 Å². The van der Waals surface area contributed by atoms with Crippen LogP contribution in [-0.2, 0) is 11.2 Å². The van der Waals surface area contributed by atoms with E-state index in [9.17, 15) is 9.18 Å². The van der Waals surface area contributed by atoms with E-state index in [0.29, 0.717) is 6.42 Å². The van der Waals surface area contributed by atoms with Crippen molar-refractivity contribution in [1.29, 1.82) is 5.26 Å². The molecular weight excluding hydrogens is 255 g/mol. The van der Waals surface area contributed by atoms with Gasteiger partial charge in [-0.15, -0.1) is 0 Å². The number of hydrogen-bond acceptors (Lipinski definition) is 2. The maximum absolute atomic E-state index is 12.8. The van der Waals surface area contributed by atoms with Gasteiger partial charge in [0.1, 0.15) is 11.7 Å². The lowest BCUT2D eigenvalue weighted by atomic mass is 9.94. The van der Waals surface area contributed by atoms with Gasteiger partial charge in [0.2, 0.25) is 5.91 Å². The van der Waals surface area contributed by atoms with Crippen LogP contribution in [0.1, 0.15) is 37.7 Å². The molecule has 1 aromatic rings. The van der Waals surface area contributed by atoms with Gasteiger partial charge in [-0.2, -0.15) is 5.26 Å². The third-order valence-electron chi connectivity index (χ3n) is 3.78. The van der Waals surface area contributed by atoms with Crippen molar-refractivity contribution in [3.05, 3.63) is 35.6 Å². The van der Waals surface area contributed by atoms with Crippen molar-refractivity contribution in [1.82, 2.24) is 5.32 Å². The lowest BCUT2D eigenvalue weighted by Gasteiger charge is -2.23. The zero-order chi connectivity index (χ0) is 14.4. The second-order valence-corrected chi connectivity index (χ2v) is 5.36. The first-order valence-electron chi connectivity index (χ1n) is 7.13. The summed E-state index contributed by atoms with van der Waals surface area (Å²) in [5, 5.41) is 12.1. The minimum absolute atomic E-state index is 0.205. The average Bonchev–Trinajstić information content (AvgIpc) is 2.47. The van der Waals surface area contributed by atoms with Crippen LogP contribution < -0.4 is 5.32 Å². The Morgan fingerprint density at radius 3 is 2.55 bits per heavy atom. The summed E-state index contributed by atoms with van der Waals surface area (Å²) in [5.74, 6) is -1.22. The standard InChI is InChI=1S/C16H19FN2O/c17-14-8-6-12(7-9-14)10-13(11-18)16(20)19-15-4-2-1-3-5-15/h6-9,13,15H,1-5,10H2,(H,19,20). The van der Waals surface area contributed by atoms with E-state index in [0.717, 1.165) is 31.2 Å². The number of halogens is 1. The number of hydrogen-bond donors (Lipinski definition) is 1. The van der Waals surface area contributed by atoms with Crippen LogP contribution in [-0.4, -0.2) is 11.9 Å². The Hall–Kier alpha value is -1.89. The number of nitrogens with zero attached hydrogens (tertiary/aromatic N) is 1. The van der Waals surface area contributed by atoms with Gasteiger partial charge < -0.3 is 5.32 Å². The number of benzene rings is 1. The molecule has 0 aromatic heterocycles. The van der Waals surface area contributed by atoms with Crippen LogP contribution in [0, 0.1) is 23.1 Å². The Bertz CT molecular complexity index is 486. The van der Waals surface area contributed by atoms with Crippen LogP contribution in [0.5, 0.6) is 0 Å². The molecular formula is C16H19FN2O. The molecule has 0 aliphatic heterocycles. The van der Waals surface area contributed by atoms with E-state index in [2.05, 4.69) is 5.32 Å². The van der Waals surface area contributed by atoms with Gasteiger partial charge in [0.25, 0.3) is 0 Å². The minimum atomic E-state index is -0.706. The molecule has 1 unspecified atom stereocenters. The fourth-order valence-electron chi connectivity index (χ4n) is 2.60. The number of carbonyl (C=O) groups is 1. The molecule has 1 N–H and O–H groups in total. The highest BCUT2D eigenvalue weighted by molar-refractivity contribution is 5.81. The van der Waals surface area contributed by atoms with Crippen LogP contribution in [0.2, 0.25) is 0 Å². The Balaban J connectivity index is 1.91. The molecule has 0 spiro atoms. The number of amides is 1. The molecule has 0 saturated heterocycles. The fraction of sp³-hybridized carbons (Fsp3) is 0.500. The molecule has 1 amide bonds. The lowest BCUT2D eigenvalue weighted by Crippen LogP contribution is -2.40. The molecule has 3 nitrogen and oxygen atoms in total. The molecule has 0 heterocycles. The van der Waals surface area contributed by atoms with Crippen LogP contribution in [0.25, 0.3) is 0 Å². The SMILES string of the molecule is N#CC(Cc1ccc(F)cc1)C(=O)NC1CCCCC1. The maximum Gasteiger partial charge on any atom is 0.237 e. The number of rotatable bonds is 4. The summed E-state index contributed by atoms with van der Waals surface area (Å²) in [5.41, 5.74) is 0.803. The molecule has 2 rings (SSSR count). The lowest BCUT2D eigenvalue weighted by molar-refractivity contribution is -0.124. The highest BCUT2D eigenvalue weighted by atomic mass is 19.1. The first-order chi connectivity index (χ1) is 9.69. The van der Waals surface area contributed by atoms with E-state index in [4.69, 9.17) is 5.26 Å². The largest absolute Gasteiger partial charge is 0.352 e. The number of carbonyl (C=O) groups excluding carboxylic acids is 1. The van der Waals surface area contributed by atoms with Gasteiger partial charge in [0, 0.05) is 6.04 Å². The van der Waals surface area contributed by atoms with E-state index in [1.807, 2.05) is 6.07 Å². The molecule has 0 bridgehead atoms. The van der Waals surface area contributed by atoms with Gasteiger partial charge in [0.05, 0.1) is 6.07 Å². The Labute approximate surface area is 118 Å². The summed E-state index contributed by atoms with van der Waals surface area (Å²) in [6.07, 6.45) is 5.83. The normalized spacial score (nSPS) is 17.2. The van der Waals surface area contributed by atoms with Crippen molar-refractivity contribution in [3.8, 4) is 6.07 Å². The third-order valence-corrected chi connectivity index (χ3v) is 3.78. The first-order valence-corrected chi connectivity index (χ1v) is 7.13. The molecule has 20 heavy (non-hydrogen) atoms. The molecule has 1 aliphatic rings. The molecule has 0 radical (unpaired) electrons. The van der Waals surface area contributed by atoms with Crippen molar-refractivity contribution in [2.45, 2.75) is 44.6 Å². The van der Waals surface area contributed by atoms with E-state index >= 15 is 0 Å². The summed E-state index contributed by atoms with van der Waals surface area (Å²) in [4.78, 5) is 12.1. The summed E-state index contributed by atoms with van der Waals surface area (Å²) < 4.78 is 12.8. The van der Waals surface area contributed by atoms with Crippen molar-refractivity contribution >= 4 is 5.91 Å². The van der Waals surface area contributed by atoms with Gasteiger partial charge >= 0.3 is 0 Å². The molecule has 1 aliphatic carbocycles. The quantitative estimate of drug-likeness (QED) is 0.917. The highest BCUT2D eigenvalue weighted by Crippen LogP contribution is 2.18. The number of nitrogens with one attached hydrogen (secondary N) is 1.